The fraction of sp³-hybridized carbons (Fsp3) is 0.273. The number of hydrogen-bond donors (Lipinski definition) is 0. The van der Waals surface area contributed by atoms with Gasteiger partial charge in [0.05, 0.1) is 18.4 Å². The van der Waals surface area contributed by atoms with E-state index in [-0.39, 0.29) is 5.97 Å². The number of rotatable bonds is 2. The fourth-order valence-electron chi connectivity index (χ4n) is 1.05. The molecule has 14 heavy (non-hydrogen) atoms. The van der Waals surface area contributed by atoms with Crippen molar-refractivity contribution in [2.75, 3.05) is 7.11 Å². The number of methoxy groups -OCH3 is 1. The van der Waals surface area contributed by atoms with Crippen molar-refractivity contribution in [2.45, 2.75) is 13.8 Å². The van der Waals surface area contributed by atoms with Gasteiger partial charge in [0.1, 0.15) is 0 Å². The van der Waals surface area contributed by atoms with Gasteiger partial charge in [-0.15, -0.1) is 0 Å². The largest absolute Gasteiger partial charge is 0.465 e. The zero-order valence-electron chi connectivity index (χ0n) is 8.57. The van der Waals surface area contributed by atoms with E-state index in [1.54, 1.807) is 24.3 Å². The van der Waals surface area contributed by atoms with E-state index in [0.717, 1.165) is 11.4 Å². The van der Waals surface area contributed by atoms with E-state index in [1.165, 1.54) is 7.11 Å². The molecule has 0 aliphatic heterocycles. The maximum Gasteiger partial charge on any atom is 0.337 e. The summed E-state index contributed by atoms with van der Waals surface area (Å²) in [4.78, 5) is 15.3. The Morgan fingerprint density at radius 2 is 1.79 bits per heavy atom. The molecule has 0 aromatic heterocycles. The van der Waals surface area contributed by atoms with Crippen LogP contribution in [0.1, 0.15) is 24.2 Å². The molecule has 0 heterocycles. The van der Waals surface area contributed by atoms with Crippen LogP contribution in [0, 0.1) is 0 Å². The van der Waals surface area contributed by atoms with E-state index in [9.17, 15) is 4.79 Å². The van der Waals surface area contributed by atoms with Gasteiger partial charge < -0.3 is 4.74 Å². The monoisotopic (exact) mass is 191 g/mol. The molecule has 0 atom stereocenters. The molecule has 0 spiro atoms. The lowest BCUT2D eigenvalue weighted by molar-refractivity contribution is 0.0601. The van der Waals surface area contributed by atoms with Crippen LogP contribution < -0.4 is 0 Å². The van der Waals surface area contributed by atoms with Crippen LogP contribution in [0.3, 0.4) is 0 Å². The number of carbonyl (C=O) groups excluding carboxylic acids is 1. The average molecular weight is 191 g/mol. The van der Waals surface area contributed by atoms with Crippen LogP contribution in [0.5, 0.6) is 0 Å². The van der Waals surface area contributed by atoms with Crippen LogP contribution in [0.25, 0.3) is 0 Å². The summed E-state index contributed by atoms with van der Waals surface area (Å²) < 4.78 is 4.58. The number of benzene rings is 1. The summed E-state index contributed by atoms with van der Waals surface area (Å²) in [5.74, 6) is -0.325. The Hall–Kier alpha value is -1.64. The minimum Gasteiger partial charge on any atom is -0.465 e. The van der Waals surface area contributed by atoms with Crippen molar-refractivity contribution in [3.63, 3.8) is 0 Å². The van der Waals surface area contributed by atoms with Gasteiger partial charge >= 0.3 is 5.97 Å². The maximum atomic E-state index is 11.1. The Labute approximate surface area is 83.4 Å². The first kappa shape index (κ1) is 10.4. The summed E-state index contributed by atoms with van der Waals surface area (Å²) in [7, 11) is 1.37. The highest BCUT2D eigenvalue weighted by Crippen LogP contribution is 2.13. The smallest absolute Gasteiger partial charge is 0.337 e. The third kappa shape index (κ3) is 2.69. The fourth-order valence-corrected chi connectivity index (χ4v) is 1.05. The van der Waals surface area contributed by atoms with Crippen molar-refractivity contribution in [1.29, 1.82) is 0 Å². The first-order valence-corrected chi connectivity index (χ1v) is 4.34. The molecule has 0 radical (unpaired) electrons. The molecule has 0 fully saturated rings. The Morgan fingerprint density at radius 1 is 1.21 bits per heavy atom. The van der Waals surface area contributed by atoms with Crippen LogP contribution in [-0.2, 0) is 4.74 Å². The quantitative estimate of drug-likeness (QED) is 0.532. The Kier molecular flexibility index (Phi) is 3.40. The average Bonchev–Trinajstić information content (AvgIpc) is 2.17. The first-order valence-electron chi connectivity index (χ1n) is 4.34. The highest BCUT2D eigenvalue weighted by molar-refractivity contribution is 5.90. The number of ether oxygens (including phenoxy) is 1. The molecular weight excluding hydrogens is 178 g/mol. The van der Waals surface area contributed by atoms with Gasteiger partial charge in [0.15, 0.2) is 0 Å². The molecule has 0 aliphatic carbocycles. The van der Waals surface area contributed by atoms with Gasteiger partial charge in [-0.05, 0) is 38.1 Å². The van der Waals surface area contributed by atoms with Crippen molar-refractivity contribution in [3.8, 4) is 0 Å². The summed E-state index contributed by atoms with van der Waals surface area (Å²) in [5, 5.41) is 0. The molecule has 0 aliphatic rings. The third-order valence-electron chi connectivity index (χ3n) is 1.64. The Morgan fingerprint density at radius 3 is 2.21 bits per heavy atom. The van der Waals surface area contributed by atoms with Crippen LogP contribution in [0.4, 0.5) is 5.69 Å². The van der Waals surface area contributed by atoms with Gasteiger partial charge in [-0.25, -0.2) is 4.79 Å². The molecule has 0 N–H and O–H groups in total. The first-order chi connectivity index (χ1) is 6.63. The summed E-state index contributed by atoms with van der Waals surface area (Å²) in [5.41, 5.74) is 2.37. The van der Waals surface area contributed by atoms with Crippen LogP contribution in [0.15, 0.2) is 29.3 Å². The van der Waals surface area contributed by atoms with E-state index in [0.29, 0.717) is 5.56 Å². The number of aliphatic imine (C=N–C) groups is 1. The second-order valence-corrected chi connectivity index (χ2v) is 3.10. The molecule has 0 amide bonds. The van der Waals surface area contributed by atoms with Crippen molar-refractivity contribution < 1.29 is 9.53 Å². The molecule has 3 heteroatoms. The normalized spacial score (nSPS) is 9.36. The van der Waals surface area contributed by atoms with Crippen molar-refractivity contribution in [2.24, 2.45) is 4.99 Å². The standard InChI is InChI=1S/C11H13NO2/c1-8(2)12-10-6-4-9(5-7-10)11(13)14-3/h4-7H,1-3H3. The van der Waals surface area contributed by atoms with E-state index < -0.39 is 0 Å². The molecule has 1 rings (SSSR count). The summed E-state index contributed by atoms with van der Waals surface area (Å²) in [6, 6.07) is 6.99. The van der Waals surface area contributed by atoms with E-state index >= 15 is 0 Å². The number of nitrogens with zero attached hydrogens (tertiary/aromatic N) is 1. The lowest BCUT2D eigenvalue weighted by Gasteiger charge is -1.99. The summed E-state index contributed by atoms with van der Waals surface area (Å²) in [6.07, 6.45) is 0. The zero-order chi connectivity index (χ0) is 10.6. The molecule has 0 saturated carbocycles. The molecule has 1 aromatic carbocycles. The molecular formula is C11H13NO2. The summed E-state index contributed by atoms with van der Waals surface area (Å²) in [6.45, 7) is 3.85. The number of esters is 1. The lowest BCUT2D eigenvalue weighted by atomic mass is 10.2. The summed E-state index contributed by atoms with van der Waals surface area (Å²) >= 11 is 0. The molecule has 3 nitrogen and oxygen atoms in total. The van der Waals surface area contributed by atoms with Crippen molar-refractivity contribution in [1.82, 2.24) is 0 Å². The third-order valence-corrected chi connectivity index (χ3v) is 1.64. The predicted octanol–water partition coefficient (Wildman–Crippen LogP) is 2.59. The van der Waals surface area contributed by atoms with E-state index in [2.05, 4.69) is 9.73 Å². The van der Waals surface area contributed by atoms with Crippen molar-refractivity contribution in [3.05, 3.63) is 29.8 Å². The molecule has 0 bridgehead atoms. The lowest BCUT2D eigenvalue weighted by Crippen LogP contribution is -1.99. The highest BCUT2D eigenvalue weighted by atomic mass is 16.5. The van der Waals surface area contributed by atoms with Crippen LogP contribution in [0.2, 0.25) is 0 Å². The van der Waals surface area contributed by atoms with Gasteiger partial charge in [-0.3, -0.25) is 4.99 Å². The second-order valence-electron chi connectivity index (χ2n) is 3.10. The second kappa shape index (κ2) is 4.56. The molecule has 0 saturated heterocycles. The minimum absolute atomic E-state index is 0.325. The minimum atomic E-state index is -0.325. The zero-order valence-corrected chi connectivity index (χ0v) is 8.57. The van der Waals surface area contributed by atoms with Crippen LogP contribution in [-0.4, -0.2) is 18.8 Å². The van der Waals surface area contributed by atoms with Gasteiger partial charge in [-0.2, -0.15) is 0 Å². The number of carbonyl (C=O) groups is 1. The number of hydrogen-bond acceptors (Lipinski definition) is 3. The predicted molar refractivity (Wildman–Crippen MR) is 56.2 cm³/mol. The Balaban J connectivity index is 2.89. The van der Waals surface area contributed by atoms with Crippen LogP contribution >= 0.6 is 0 Å². The van der Waals surface area contributed by atoms with Gasteiger partial charge in [0, 0.05) is 5.71 Å². The van der Waals surface area contributed by atoms with E-state index in [1.807, 2.05) is 13.8 Å². The van der Waals surface area contributed by atoms with Crippen molar-refractivity contribution >= 4 is 17.4 Å². The van der Waals surface area contributed by atoms with Gasteiger partial charge in [0.2, 0.25) is 0 Å². The van der Waals surface area contributed by atoms with Gasteiger partial charge in [-0.1, -0.05) is 0 Å². The Bertz CT molecular complexity index is 348. The topological polar surface area (TPSA) is 38.7 Å². The SMILES string of the molecule is COC(=O)c1ccc(N=C(C)C)cc1. The molecule has 74 valence electrons. The van der Waals surface area contributed by atoms with Gasteiger partial charge in [0.25, 0.3) is 0 Å². The molecule has 1 aromatic rings. The highest BCUT2D eigenvalue weighted by Gasteiger charge is 2.03. The van der Waals surface area contributed by atoms with E-state index in [4.69, 9.17) is 0 Å². The molecule has 0 unspecified atom stereocenters. The maximum absolute atomic E-state index is 11.1.